The van der Waals surface area contributed by atoms with E-state index in [1.807, 2.05) is 0 Å². The van der Waals surface area contributed by atoms with Gasteiger partial charge in [-0.25, -0.2) is 4.39 Å². The number of hydrogen-bond acceptors (Lipinski definition) is 0. The Morgan fingerprint density at radius 1 is 0.810 bits per heavy atom. The average Bonchev–Trinajstić information content (AvgIpc) is 2.48. The van der Waals surface area contributed by atoms with E-state index in [4.69, 9.17) is 0 Å². The maximum Gasteiger partial charge on any atom is 0.123 e. The van der Waals surface area contributed by atoms with Crippen molar-refractivity contribution in [3.8, 4) is 0 Å². The van der Waals surface area contributed by atoms with Crippen LogP contribution in [0.3, 0.4) is 0 Å². The summed E-state index contributed by atoms with van der Waals surface area (Å²) in [6.45, 7) is 2.27. The fourth-order valence-corrected chi connectivity index (χ4v) is 2.79. The Morgan fingerprint density at radius 3 is 1.86 bits per heavy atom. The second kappa shape index (κ2) is 12.9. The third kappa shape index (κ3) is 10.5. The Balaban J connectivity index is 1.82. The predicted octanol–water partition coefficient (Wildman–Crippen LogP) is 6.87. The van der Waals surface area contributed by atoms with Gasteiger partial charge in [0.05, 0.1) is 0 Å². The minimum atomic E-state index is -0.136. The van der Waals surface area contributed by atoms with Crippen LogP contribution in [0.15, 0.2) is 18.2 Å². The maximum atomic E-state index is 13.0. The van der Waals surface area contributed by atoms with Gasteiger partial charge in [-0.3, -0.25) is 0 Å². The van der Waals surface area contributed by atoms with Gasteiger partial charge in [0.15, 0.2) is 0 Å². The van der Waals surface area contributed by atoms with E-state index in [0.29, 0.717) is 0 Å². The molecular formula is C20H32F. The van der Waals surface area contributed by atoms with Crippen LogP contribution < -0.4 is 0 Å². The normalized spacial score (nSPS) is 11.0. The molecule has 1 aromatic rings. The molecule has 119 valence electrons. The number of unbranched alkanes of at least 4 members (excludes halogenated alkanes) is 11. The number of aryl methyl sites for hydroxylation is 1. The molecule has 0 aliphatic rings. The molecule has 1 radical (unpaired) electrons. The van der Waals surface area contributed by atoms with Crippen LogP contribution in [0.25, 0.3) is 0 Å². The monoisotopic (exact) mass is 291 g/mol. The van der Waals surface area contributed by atoms with Crippen LogP contribution in [0.5, 0.6) is 0 Å². The van der Waals surface area contributed by atoms with Crippen LogP contribution >= 0.6 is 0 Å². The molecule has 0 atom stereocenters. The van der Waals surface area contributed by atoms with E-state index >= 15 is 0 Å². The SMILES string of the molecule is CCCCCCCCCCCCCCc1[c]ccc(F)c1. The molecule has 0 unspecified atom stereocenters. The molecule has 0 N–H and O–H groups in total. The molecule has 0 nitrogen and oxygen atoms in total. The predicted molar refractivity (Wildman–Crippen MR) is 90.0 cm³/mol. The molecule has 0 bridgehead atoms. The van der Waals surface area contributed by atoms with Crippen LogP contribution in [0.2, 0.25) is 0 Å². The van der Waals surface area contributed by atoms with Gasteiger partial charge in [-0.15, -0.1) is 0 Å². The van der Waals surface area contributed by atoms with Gasteiger partial charge in [-0.05, 0) is 36.6 Å². The lowest BCUT2D eigenvalue weighted by Crippen LogP contribution is -1.88. The molecule has 0 saturated heterocycles. The van der Waals surface area contributed by atoms with Gasteiger partial charge in [-0.2, -0.15) is 0 Å². The highest BCUT2D eigenvalue weighted by atomic mass is 19.1. The lowest BCUT2D eigenvalue weighted by molar-refractivity contribution is 0.543. The van der Waals surface area contributed by atoms with Crippen molar-refractivity contribution < 1.29 is 4.39 Å². The zero-order chi connectivity index (χ0) is 15.2. The summed E-state index contributed by atoms with van der Waals surface area (Å²) in [6.07, 6.45) is 17.3. The maximum absolute atomic E-state index is 13.0. The van der Waals surface area contributed by atoms with Crippen molar-refractivity contribution in [1.82, 2.24) is 0 Å². The molecule has 1 rings (SSSR count). The molecule has 0 spiro atoms. The van der Waals surface area contributed by atoms with Crippen molar-refractivity contribution in [2.45, 2.75) is 90.4 Å². The highest BCUT2D eigenvalue weighted by Gasteiger charge is 1.97. The Hall–Kier alpha value is -0.850. The molecule has 0 amide bonds. The van der Waals surface area contributed by atoms with Crippen molar-refractivity contribution in [3.05, 3.63) is 35.6 Å². The van der Waals surface area contributed by atoms with Crippen LogP contribution in [0.4, 0.5) is 4.39 Å². The second-order valence-corrected chi connectivity index (χ2v) is 6.17. The Kier molecular flexibility index (Phi) is 11.1. The molecule has 1 heteroatoms. The summed E-state index contributed by atoms with van der Waals surface area (Å²) in [7, 11) is 0. The second-order valence-electron chi connectivity index (χ2n) is 6.17. The van der Waals surface area contributed by atoms with Crippen molar-refractivity contribution >= 4 is 0 Å². The van der Waals surface area contributed by atoms with Crippen LogP contribution in [0, 0.1) is 11.9 Å². The van der Waals surface area contributed by atoms with Crippen LogP contribution in [-0.4, -0.2) is 0 Å². The summed E-state index contributed by atoms with van der Waals surface area (Å²) >= 11 is 0. The summed E-state index contributed by atoms with van der Waals surface area (Å²) in [4.78, 5) is 0. The van der Waals surface area contributed by atoms with E-state index in [-0.39, 0.29) is 5.82 Å². The van der Waals surface area contributed by atoms with Gasteiger partial charge in [0.2, 0.25) is 0 Å². The standard InChI is InChI=1S/C20H32F/c1-2-3-4-5-6-7-8-9-10-11-12-13-15-19-16-14-17-20(21)18-19/h14,17-18H,2-13,15H2,1H3. The fourth-order valence-electron chi connectivity index (χ4n) is 2.79. The summed E-state index contributed by atoms with van der Waals surface area (Å²) < 4.78 is 13.0. The topological polar surface area (TPSA) is 0 Å². The number of hydrogen-bond donors (Lipinski definition) is 0. The Labute approximate surface area is 131 Å². The van der Waals surface area contributed by atoms with Gasteiger partial charge >= 0.3 is 0 Å². The molecule has 0 fully saturated rings. The summed E-state index contributed by atoms with van der Waals surface area (Å²) in [5, 5.41) is 0. The Bertz CT molecular complexity index is 345. The van der Waals surface area contributed by atoms with E-state index in [1.54, 1.807) is 12.1 Å². The lowest BCUT2D eigenvalue weighted by Gasteiger charge is -2.03. The molecule has 21 heavy (non-hydrogen) atoms. The number of benzene rings is 1. The van der Waals surface area contributed by atoms with E-state index in [2.05, 4.69) is 13.0 Å². The molecular weight excluding hydrogens is 259 g/mol. The van der Waals surface area contributed by atoms with Gasteiger partial charge in [0, 0.05) is 0 Å². The van der Waals surface area contributed by atoms with Crippen molar-refractivity contribution in [3.63, 3.8) is 0 Å². The molecule has 0 aliphatic carbocycles. The molecule has 0 aromatic heterocycles. The zero-order valence-corrected chi connectivity index (χ0v) is 13.8. The first-order valence-electron chi connectivity index (χ1n) is 8.99. The number of halogens is 1. The smallest absolute Gasteiger partial charge is 0.123 e. The lowest BCUT2D eigenvalue weighted by atomic mass is 10.0. The highest BCUT2D eigenvalue weighted by molar-refractivity contribution is 5.14. The highest BCUT2D eigenvalue weighted by Crippen LogP contribution is 2.13. The summed E-state index contributed by atoms with van der Waals surface area (Å²) in [6, 6.07) is 7.87. The van der Waals surface area contributed by atoms with Gasteiger partial charge < -0.3 is 0 Å². The first-order valence-corrected chi connectivity index (χ1v) is 8.99. The van der Waals surface area contributed by atoms with Crippen molar-refractivity contribution in [2.75, 3.05) is 0 Å². The van der Waals surface area contributed by atoms with Gasteiger partial charge in [0.1, 0.15) is 5.82 Å². The zero-order valence-electron chi connectivity index (χ0n) is 13.8. The van der Waals surface area contributed by atoms with Gasteiger partial charge in [-0.1, -0.05) is 83.6 Å². The fraction of sp³-hybridized carbons (Fsp3) is 0.700. The largest absolute Gasteiger partial charge is 0.207 e. The minimum absolute atomic E-state index is 0.136. The summed E-state index contributed by atoms with van der Waals surface area (Å²) in [5.74, 6) is -0.136. The average molecular weight is 291 g/mol. The molecule has 0 aliphatic heterocycles. The van der Waals surface area contributed by atoms with E-state index < -0.39 is 0 Å². The first-order chi connectivity index (χ1) is 10.3. The van der Waals surface area contributed by atoms with Crippen LogP contribution in [0.1, 0.15) is 89.5 Å². The van der Waals surface area contributed by atoms with Crippen molar-refractivity contribution in [1.29, 1.82) is 0 Å². The van der Waals surface area contributed by atoms with Crippen molar-refractivity contribution in [2.24, 2.45) is 0 Å². The number of rotatable bonds is 13. The van der Waals surface area contributed by atoms with Gasteiger partial charge in [0.25, 0.3) is 0 Å². The molecule has 1 aromatic carbocycles. The van der Waals surface area contributed by atoms with E-state index in [9.17, 15) is 4.39 Å². The van der Waals surface area contributed by atoms with E-state index in [1.165, 1.54) is 76.7 Å². The molecule has 0 heterocycles. The Morgan fingerprint density at radius 2 is 1.33 bits per heavy atom. The third-order valence-electron chi connectivity index (χ3n) is 4.12. The molecule has 0 saturated carbocycles. The third-order valence-corrected chi connectivity index (χ3v) is 4.12. The van der Waals surface area contributed by atoms with Crippen LogP contribution in [-0.2, 0) is 6.42 Å². The van der Waals surface area contributed by atoms with E-state index in [0.717, 1.165) is 18.4 Å². The first kappa shape index (κ1) is 18.2. The quantitative estimate of drug-likeness (QED) is 0.348. The minimum Gasteiger partial charge on any atom is -0.207 e. The summed E-state index contributed by atoms with van der Waals surface area (Å²) in [5.41, 5.74) is 1.02.